The highest BCUT2D eigenvalue weighted by atomic mass is 79.9. The molecule has 4 nitrogen and oxygen atoms in total. The van der Waals surface area contributed by atoms with Crippen molar-refractivity contribution in [3.63, 3.8) is 0 Å². The Kier molecular flexibility index (Phi) is 4.39. The number of carbonyl (C=O) groups excluding carboxylic acids is 1. The van der Waals surface area contributed by atoms with Crippen molar-refractivity contribution in [2.24, 2.45) is 0 Å². The molecule has 3 N–H and O–H groups in total. The summed E-state index contributed by atoms with van der Waals surface area (Å²) in [4.78, 5) is 16.5. The van der Waals surface area contributed by atoms with E-state index in [1.54, 1.807) is 18.3 Å². The van der Waals surface area contributed by atoms with Crippen molar-refractivity contribution in [1.29, 1.82) is 0 Å². The molecule has 0 aliphatic rings. The second-order valence-electron chi connectivity index (χ2n) is 4.62. The van der Waals surface area contributed by atoms with Gasteiger partial charge in [0.15, 0.2) is 0 Å². The Bertz CT molecular complexity index is 656. The molecule has 5 heteroatoms. The molecule has 0 aliphatic carbocycles. The Morgan fingerprint density at radius 2 is 2.15 bits per heavy atom. The maximum absolute atomic E-state index is 12.2. The Hall–Kier alpha value is -1.88. The van der Waals surface area contributed by atoms with Gasteiger partial charge in [0.2, 0.25) is 0 Å². The summed E-state index contributed by atoms with van der Waals surface area (Å²) in [6, 6.07) is 7.40. The summed E-state index contributed by atoms with van der Waals surface area (Å²) in [5, 5.41) is 2.87. The van der Waals surface area contributed by atoms with E-state index in [9.17, 15) is 4.79 Å². The predicted octanol–water partition coefficient (Wildman–Crippen LogP) is 2.97. The fraction of sp³-hybridized carbons (Fsp3) is 0.200. The number of amides is 1. The van der Waals surface area contributed by atoms with Gasteiger partial charge in [-0.05, 0) is 43.2 Å². The molecule has 1 heterocycles. The van der Waals surface area contributed by atoms with Crippen LogP contribution >= 0.6 is 15.9 Å². The minimum atomic E-state index is -0.152. The quantitative estimate of drug-likeness (QED) is 0.848. The largest absolute Gasteiger partial charge is 0.398 e. The molecule has 0 fully saturated rings. The number of nitrogen functional groups attached to an aromatic ring is 1. The Labute approximate surface area is 126 Å². The van der Waals surface area contributed by atoms with Gasteiger partial charge in [0.1, 0.15) is 0 Å². The number of benzene rings is 1. The molecule has 1 aromatic heterocycles. The first-order valence-corrected chi connectivity index (χ1v) is 7.02. The normalized spacial score (nSPS) is 10.3. The summed E-state index contributed by atoms with van der Waals surface area (Å²) < 4.78 is 0.791. The first kappa shape index (κ1) is 14.5. The van der Waals surface area contributed by atoms with Crippen molar-refractivity contribution < 1.29 is 4.79 Å². The molecular weight excluding hydrogens is 318 g/mol. The van der Waals surface area contributed by atoms with Gasteiger partial charge in [-0.25, -0.2) is 0 Å². The molecule has 104 valence electrons. The SMILES string of the molecule is Cc1cccnc1CNC(=O)c1cc(Br)cc(N)c1C. The molecule has 0 saturated heterocycles. The lowest BCUT2D eigenvalue weighted by Gasteiger charge is -2.11. The summed E-state index contributed by atoms with van der Waals surface area (Å²) in [7, 11) is 0. The Morgan fingerprint density at radius 1 is 1.40 bits per heavy atom. The van der Waals surface area contributed by atoms with E-state index in [1.807, 2.05) is 26.0 Å². The third kappa shape index (κ3) is 3.17. The third-order valence-corrected chi connectivity index (χ3v) is 3.65. The number of rotatable bonds is 3. The van der Waals surface area contributed by atoms with Crippen LogP contribution in [0.1, 0.15) is 27.2 Å². The van der Waals surface area contributed by atoms with E-state index < -0.39 is 0 Å². The molecule has 2 rings (SSSR count). The van der Waals surface area contributed by atoms with Crippen molar-refractivity contribution >= 4 is 27.5 Å². The summed E-state index contributed by atoms with van der Waals surface area (Å²) in [5.74, 6) is -0.152. The number of pyridine rings is 1. The molecule has 0 spiro atoms. The van der Waals surface area contributed by atoms with Crippen LogP contribution in [-0.2, 0) is 6.54 Å². The number of nitrogens with one attached hydrogen (secondary N) is 1. The average Bonchev–Trinajstić information content (AvgIpc) is 2.41. The van der Waals surface area contributed by atoms with Crippen molar-refractivity contribution in [2.45, 2.75) is 20.4 Å². The van der Waals surface area contributed by atoms with Gasteiger partial charge in [0.05, 0.1) is 12.2 Å². The van der Waals surface area contributed by atoms with Gasteiger partial charge >= 0.3 is 0 Å². The topological polar surface area (TPSA) is 68.0 Å². The van der Waals surface area contributed by atoms with Crippen LogP contribution in [0.25, 0.3) is 0 Å². The zero-order valence-electron chi connectivity index (χ0n) is 11.4. The average molecular weight is 334 g/mol. The Morgan fingerprint density at radius 3 is 2.85 bits per heavy atom. The van der Waals surface area contributed by atoms with Gasteiger partial charge in [-0.1, -0.05) is 22.0 Å². The lowest BCUT2D eigenvalue weighted by atomic mass is 10.1. The van der Waals surface area contributed by atoms with Gasteiger partial charge < -0.3 is 11.1 Å². The molecule has 0 saturated carbocycles. The zero-order chi connectivity index (χ0) is 14.7. The van der Waals surface area contributed by atoms with Gasteiger partial charge in [0, 0.05) is 21.9 Å². The van der Waals surface area contributed by atoms with Crippen LogP contribution in [0, 0.1) is 13.8 Å². The van der Waals surface area contributed by atoms with E-state index in [-0.39, 0.29) is 5.91 Å². The second kappa shape index (κ2) is 6.05. The van der Waals surface area contributed by atoms with Crippen molar-refractivity contribution in [3.05, 3.63) is 57.3 Å². The van der Waals surface area contributed by atoms with Gasteiger partial charge in [0.25, 0.3) is 5.91 Å². The molecule has 0 unspecified atom stereocenters. The highest BCUT2D eigenvalue weighted by Gasteiger charge is 2.12. The van der Waals surface area contributed by atoms with Gasteiger partial charge in [-0.15, -0.1) is 0 Å². The smallest absolute Gasteiger partial charge is 0.251 e. The number of anilines is 1. The van der Waals surface area contributed by atoms with E-state index in [2.05, 4.69) is 26.2 Å². The number of hydrogen-bond acceptors (Lipinski definition) is 3. The van der Waals surface area contributed by atoms with Gasteiger partial charge in [-0.2, -0.15) is 0 Å². The van der Waals surface area contributed by atoms with Crippen LogP contribution < -0.4 is 11.1 Å². The number of carbonyl (C=O) groups is 1. The van der Waals surface area contributed by atoms with Crippen molar-refractivity contribution in [2.75, 3.05) is 5.73 Å². The summed E-state index contributed by atoms with van der Waals surface area (Å²) in [5.41, 5.74) is 9.74. The summed E-state index contributed by atoms with van der Waals surface area (Å²) >= 11 is 3.35. The number of aryl methyl sites for hydroxylation is 1. The fourth-order valence-electron chi connectivity index (χ4n) is 1.90. The lowest BCUT2D eigenvalue weighted by molar-refractivity contribution is 0.0949. The van der Waals surface area contributed by atoms with E-state index in [0.29, 0.717) is 17.8 Å². The van der Waals surface area contributed by atoms with Crippen molar-refractivity contribution in [1.82, 2.24) is 10.3 Å². The first-order valence-electron chi connectivity index (χ1n) is 6.23. The van der Waals surface area contributed by atoms with Crippen LogP contribution in [0.5, 0.6) is 0 Å². The maximum Gasteiger partial charge on any atom is 0.251 e. The van der Waals surface area contributed by atoms with E-state index in [0.717, 1.165) is 21.3 Å². The van der Waals surface area contributed by atoms with Crippen molar-refractivity contribution in [3.8, 4) is 0 Å². The third-order valence-electron chi connectivity index (χ3n) is 3.19. The number of nitrogens with two attached hydrogens (primary N) is 1. The maximum atomic E-state index is 12.2. The number of hydrogen-bond donors (Lipinski definition) is 2. The van der Waals surface area contributed by atoms with Crippen LogP contribution in [0.3, 0.4) is 0 Å². The summed E-state index contributed by atoms with van der Waals surface area (Å²) in [6.07, 6.45) is 1.72. The van der Waals surface area contributed by atoms with Crippen LogP contribution in [0.15, 0.2) is 34.9 Å². The minimum Gasteiger partial charge on any atom is -0.398 e. The fourth-order valence-corrected chi connectivity index (χ4v) is 2.37. The zero-order valence-corrected chi connectivity index (χ0v) is 13.0. The number of aromatic nitrogens is 1. The minimum absolute atomic E-state index is 0.152. The monoisotopic (exact) mass is 333 g/mol. The molecule has 0 radical (unpaired) electrons. The lowest BCUT2D eigenvalue weighted by Crippen LogP contribution is -2.24. The molecule has 20 heavy (non-hydrogen) atoms. The van der Waals surface area contributed by atoms with E-state index in [4.69, 9.17) is 5.73 Å². The molecule has 0 aliphatic heterocycles. The molecule has 1 aromatic carbocycles. The van der Waals surface area contributed by atoms with E-state index >= 15 is 0 Å². The standard InChI is InChI=1S/C15H16BrN3O/c1-9-4-3-5-18-14(9)8-19-15(20)12-6-11(16)7-13(17)10(12)2/h3-7H,8,17H2,1-2H3,(H,19,20). The molecule has 1 amide bonds. The predicted molar refractivity (Wildman–Crippen MR) is 83.4 cm³/mol. The highest BCUT2D eigenvalue weighted by Crippen LogP contribution is 2.22. The van der Waals surface area contributed by atoms with Gasteiger partial charge in [-0.3, -0.25) is 9.78 Å². The van der Waals surface area contributed by atoms with E-state index in [1.165, 1.54) is 0 Å². The first-order chi connectivity index (χ1) is 9.49. The van der Waals surface area contributed by atoms with Crippen LogP contribution in [0.4, 0.5) is 5.69 Å². The van der Waals surface area contributed by atoms with Crippen LogP contribution in [0.2, 0.25) is 0 Å². The molecule has 2 aromatic rings. The number of nitrogens with zero attached hydrogens (tertiary/aromatic N) is 1. The Balaban J connectivity index is 2.15. The molecular formula is C15H16BrN3O. The van der Waals surface area contributed by atoms with Crippen LogP contribution in [-0.4, -0.2) is 10.9 Å². The number of halogens is 1. The second-order valence-corrected chi connectivity index (χ2v) is 5.53. The summed E-state index contributed by atoms with van der Waals surface area (Å²) in [6.45, 7) is 4.21. The molecule has 0 bridgehead atoms. The molecule has 0 atom stereocenters. The highest BCUT2D eigenvalue weighted by molar-refractivity contribution is 9.10.